The van der Waals surface area contributed by atoms with Gasteiger partial charge in [0.2, 0.25) is 5.58 Å². The summed E-state index contributed by atoms with van der Waals surface area (Å²) in [5, 5.41) is 4.23. The first-order chi connectivity index (χ1) is 7.77. The van der Waals surface area contributed by atoms with Crippen molar-refractivity contribution in [3.05, 3.63) is 24.0 Å². The molecule has 1 aliphatic heterocycles. The van der Waals surface area contributed by atoms with Crippen LogP contribution in [0.25, 0.3) is 11.0 Å². The van der Waals surface area contributed by atoms with Crippen LogP contribution in [0.4, 0.5) is 15.0 Å². The average molecular weight is 238 g/mol. The average Bonchev–Trinajstić information content (AvgIpc) is 2.84. The van der Waals surface area contributed by atoms with E-state index in [4.69, 9.17) is 4.52 Å². The second-order valence-corrected chi connectivity index (χ2v) is 4.43. The molecule has 82 valence electrons. The van der Waals surface area contributed by atoms with E-state index in [0.29, 0.717) is 17.7 Å². The number of para-hydroxylation sites is 1. The summed E-state index contributed by atoms with van der Waals surface area (Å²) in [4.78, 5) is 13.0. The van der Waals surface area contributed by atoms with Crippen molar-refractivity contribution < 1.29 is 13.7 Å². The molecule has 0 atom stereocenters. The zero-order valence-electron chi connectivity index (χ0n) is 8.14. The first kappa shape index (κ1) is 9.65. The van der Waals surface area contributed by atoms with E-state index < -0.39 is 5.82 Å². The van der Waals surface area contributed by atoms with Gasteiger partial charge in [0.1, 0.15) is 0 Å². The van der Waals surface area contributed by atoms with E-state index in [1.54, 1.807) is 12.1 Å². The van der Waals surface area contributed by atoms with Crippen molar-refractivity contribution >= 4 is 33.8 Å². The lowest BCUT2D eigenvalue weighted by molar-refractivity contribution is 0.266. The van der Waals surface area contributed by atoms with Crippen LogP contribution in [0.15, 0.2) is 22.7 Å². The molecule has 1 fully saturated rings. The van der Waals surface area contributed by atoms with Gasteiger partial charge in [-0.2, -0.15) is 0 Å². The molecule has 4 nitrogen and oxygen atoms in total. The summed E-state index contributed by atoms with van der Waals surface area (Å²) in [7, 11) is 0. The van der Waals surface area contributed by atoms with Crippen molar-refractivity contribution in [3.8, 4) is 0 Å². The highest BCUT2D eigenvalue weighted by molar-refractivity contribution is 8.14. The maximum atomic E-state index is 13.3. The molecule has 1 aromatic heterocycles. The molecule has 0 saturated carbocycles. The Morgan fingerprint density at radius 1 is 1.50 bits per heavy atom. The number of thioether (sulfide) groups is 1. The molecule has 0 N–H and O–H groups in total. The Morgan fingerprint density at radius 3 is 3.12 bits per heavy atom. The number of carbonyl (C=O) groups is 1. The zero-order chi connectivity index (χ0) is 11.1. The molecule has 6 heteroatoms. The summed E-state index contributed by atoms with van der Waals surface area (Å²) in [6, 6.07) is 4.57. The van der Waals surface area contributed by atoms with Crippen molar-refractivity contribution in [1.82, 2.24) is 5.16 Å². The number of hydrogen-bond acceptors (Lipinski definition) is 4. The number of carbonyl (C=O) groups excluding carboxylic acids is 1. The van der Waals surface area contributed by atoms with E-state index in [1.165, 1.54) is 22.7 Å². The third kappa shape index (κ3) is 1.30. The third-order valence-corrected chi connectivity index (χ3v) is 3.30. The van der Waals surface area contributed by atoms with Gasteiger partial charge in [-0.25, -0.2) is 4.39 Å². The molecule has 3 rings (SSSR count). The lowest BCUT2D eigenvalue weighted by atomic mass is 10.2. The van der Waals surface area contributed by atoms with Gasteiger partial charge in [0.05, 0.1) is 5.39 Å². The Labute approximate surface area is 94.4 Å². The fourth-order valence-corrected chi connectivity index (χ4v) is 2.48. The maximum absolute atomic E-state index is 13.3. The van der Waals surface area contributed by atoms with Crippen LogP contribution in [0, 0.1) is 5.82 Å². The van der Waals surface area contributed by atoms with Crippen LogP contribution in [-0.4, -0.2) is 22.7 Å². The monoisotopic (exact) mass is 238 g/mol. The Balaban J connectivity index is 2.17. The molecule has 16 heavy (non-hydrogen) atoms. The molecule has 1 saturated heterocycles. The van der Waals surface area contributed by atoms with E-state index in [0.717, 1.165) is 5.75 Å². The largest absolute Gasteiger partial charge is 0.351 e. The number of anilines is 1. The first-order valence-corrected chi connectivity index (χ1v) is 5.74. The Bertz CT molecular complexity index is 569. The number of benzene rings is 1. The van der Waals surface area contributed by atoms with E-state index in [2.05, 4.69) is 5.16 Å². The van der Waals surface area contributed by atoms with Crippen LogP contribution in [-0.2, 0) is 0 Å². The third-order valence-electron chi connectivity index (χ3n) is 2.45. The Hall–Kier alpha value is -1.56. The minimum Gasteiger partial charge on any atom is -0.351 e. The highest BCUT2D eigenvalue weighted by Crippen LogP contribution is 2.31. The topological polar surface area (TPSA) is 46.3 Å². The number of amides is 1. The molecule has 2 aromatic rings. The number of fused-ring (bicyclic) bond motifs is 1. The van der Waals surface area contributed by atoms with E-state index in [-0.39, 0.29) is 10.8 Å². The summed E-state index contributed by atoms with van der Waals surface area (Å²) < 4.78 is 18.3. The summed E-state index contributed by atoms with van der Waals surface area (Å²) in [6.45, 7) is 0.585. The van der Waals surface area contributed by atoms with Crippen LogP contribution in [0.3, 0.4) is 0 Å². The predicted molar refractivity (Wildman–Crippen MR) is 59.2 cm³/mol. The van der Waals surface area contributed by atoms with E-state index in [1.807, 2.05) is 0 Å². The van der Waals surface area contributed by atoms with Crippen LogP contribution in [0.1, 0.15) is 0 Å². The molecule has 1 amide bonds. The first-order valence-electron chi connectivity index (χ1n) is 4.75. The smallest absolute Gasteiger partial charge is 0.287 e. The molecule has 0 unspecified atom stereocenters. The van der Waals surface area contributed by atoms with Crippen LogP contribution in [0.2, 0.25) is 0 Å². The number of rotatable bonds is 1. The minimum absolute atomic E-state index is 0.0699. The molecule has 0 spiro atoms. The number of hydrogen-bond donors (Lipinski definition) is 0. The fraction of sp³-hybridized carbons (Fsp3) is 0.200. The number of nitrogens with zero attached hydrogens (tertiary/aromatic N) is 2. The second kappa shape index (κ2) is 3.48. The predicted octanol–water partition coefficient (Wildman–Crippen LogP) is 2.64. The molecule has 0 bridgehead atoms. The van der Waals surface area contributed by atoms with Crippen LogP contribution in [0.5, 0.6) is 0 Å². The quantitative estimate of drug-likeness (QED) is 0.766. The second-order valence-electron chi connectivity index (χ2n) is 3.39. The lowest BCUT2D eigenvalue weighted by Gasteiger charge is -2.09. The standard InChI is InChI=1S/C10H7FN2O2S/c11-7-3-1-2-6-8(7)15-12-9(6)13-4-5-16-10(13)14/h1-3H,4-5H2. The van der Waals surface area contributed by atoms with Gasteiger partial charge in [0, 0.05) is 12.3 Å². The van der Waals surface area contributed by atoms with E-state index >= 15 is 0 Å². The number of aromatic nitrogens is 1. The van der Waals surface area contributed by atoms with Crippen molar-refractivity contribution in [2.45, 2.75) is 0 Å². The summed E-state index contributed by atoms with van der Waals surface area (Å²) in [6.07, 6.45) is 0. The molecule has 1 aliphatic rings. The van der Waals surface area contributed by atoms with Crippen LogP contribution >= 0.6 is 11.8 Å². The highest BCUT2D eigenvalue weighted by Gasteiger charge is 2.27. The summed E-state index contributed by atoms with van der Waals surface area (Å²) in [5.74, 6) is 0.669. The van der Waals surface area contributed by atoms with Crippen molar-refractivity contribution in [2.75, 3.05) is 17.2 Å². The van der Waals surface area contributed by atoms with Gasteiger partial charge in [-0.1, -0.05) is 23.0 Å². The van der Waals surface area contributed by atoms with Gasteiger partial charge in [0.25, 0.3) is 5.24 Å². The van der Waals surface area contributed by atoms with Gasteiger partial charge in [-0.05, 0) is 12.1 Å². The lowest BCUT2D eigenvalue weighted by Crippen LogP contribution is -2.22. The molecule has 0 radical (unpaired) electrons. The van der Waals surface area contributed by atoms with E-state index in [9.17, 15) is 9.18 Å². The van der Waals surface area contributed by atoms with Crippen molar-refractivity contribution in [3.63, 3.8) is 0 Å². The fourth-order valence-electron chi connectivity index (χ4n) is 1.70. The molecule has 2 heterocycles. The van der Waals surface area contributed by atoms with Crippen molar-refractivity contribution in [1.29, 1.82) is 0 Å². The zero-order valence-corrected chi connectivity index (χ0v) is 8.96. The summed E-state index contributed by atoms with van der Waals surface area (Å²) in [5.41, 5.74) is 0.0993. The van der Waals surface area contributed by atoms with Gasteiger partial charge < -0.3 is 4.52 Å². The van der Waals surface area contributed by atoms with Gasteiger partial charge in [-0.15, -0.1) is 0 Å². The SMILES string of the molecule is O=C1SCCN1c1noc2c(F)cccc12. The molecular weight excluding hydrogens is 231 g/mol. The minimum atomic E-state index is -0.462. The summed E-state index contributed by atoms with van der Waals surface area (Å²) >= 11 is 1.23. The van der Waals surface area contributed by atoms with Gasteiger partial charge in [-0.3, -0.25) is 9.69 Å². The normalized spacial score (nSPS) is 16.3. The van der Waals surface area contributed by atoms with Gasteiger partial charge in [0.15, 0.2) is 11.6 Å². The Kier molecular flexibility index (Phi) is 2.10. The van der Waals surface area contributed by atoms with Crippen LogP contribution < -0.4 is 4.90 Å². The molecule has 0 aliphatic carbocycles. The molecular formula is C10H7FN2O2S. The number of halogens is 1. The maximum Gasteiger partial charge on any atom is 0.287 e. The van der Waals surface area contributed by atoms with Crippen molar-refractivity contribution in [2.24, 2.45) is 0 Å². The molecule has 1 aromatic carbocycles. The highest BCUT2D eigenvalue weighted by atomic mass is 32.2. The van der Waals surface area contributed by atoms with Gasteiger partial charge >= 0.3 is 0 Å². The Morgan fingerprint density at radius 2 is 2.38 bits per heavy atom.